The maximum atomic E-state index is 12.9. The first-order valence-electron chi connectivity index (χ1n) is 5.43. The van der Waals surface area contributed by atoms with Gasteiger partial charge in [-0.05, 0) is 29.7 Å². The standard InChI is InChI=1S/C12H11BrF3NO/c1-7(18)17-3-2-10-8(6-17)4-9(13)5-11(10)12(14,15)16/h4-5H,2-3,6H2,1H3. The summed E-state index contributed by atoms with van der Waals surface area (Å²) in [7, 11) is 0. The van der Waals surface area contributed by atoms with Crippen molar-refractivity contribution in [3.63, 3.8) is 0 Å². The number of hydrogen-bond donors (Lipinski definition) is 0. The Kier molecular flexibility index (Phi) is 3.40. The number of amides is 1. The molecule has 0 aliphatic carbocycles. The lowest BCUT2D eigenvalue weighted by Crippen LogP contribution is -2.35. The van der Waals surface area contributed by atoms with Crippen LogP contribution in [0.25, 0.3) is 0 Å². The summed E-state index contributed by atoms with van der Waals surface area (Å²) in [6.07, 6.45) is -4.11. The van der Waals surface area contributed by atoms with Crippen LogP contribution in [0.15, 0.2) is 16.6 Å². The van der Waals surface area contributed by atoms with E-state index in [1.165, 1.54) is 6.92 Å². The van der Waals surface area contributed by atoms with Crippen molar-refractivity contribution in [1.29, 1.82) is 0 Å². The molecule has 0 fully saturated rings. The third kappa shape index (κ3) is 2.53. The van der Waals surface area contributed by atoms with Gasteiger partial charge in [-0.15, -0.1) is 0 Å². The van der Waals surface area contributed by atoms with E-state index in [2.05, 4.69) is 15.9 Å². The smallest absolute Gasteiger partial charge is 0.338 e. The molecule has 0 saturated carbocycles. The minimum absolute atomic E-state index is 0.116. The first-order valence-corrected chi connectivity index (χ1v) is 6.22. The highest BCUT2D eigenvalue weighted by atomic mass is 79.9. The molecule has 0 bridgehead atoms. The van der Waals surface area contributed by atoms with E-state index in [1.807, 2.05) is 0 Å². The Morgan fingerprint density at radius 2 is 2.06 bits per heavy atom. The molecule has 0 aromatic heterocycles. The highest BCUT2D eigenvalue weighted by molar-refractivity contribution is 9.10. The van der Waals surface area contributed by atoms with Crippen LogP contribution in [0.2, 0.25) is 0 Å². The van der Waals surface area contributed by atoms with E-state index in [1.54, 1.807) is 11.0 Å². The number of alkyl halides is 3. The average molecular weight is 322 g/mol. The number of rotatable bonds is 0. The lowest BCUT2D eigenvalue weighted by molar-refractivity contribution is -0.138. The average Bonchev–Trinajstić information content (AvgIpc) is 2.25. The summed E-state index contributed by atoms with van der Waals surface area (Å²) in [5.41, 5.74) is 0.274. The Morgan fingerprint density at radius 1 is 1.39 bits per heavy atom. The number of nitrogens with zero attached hydrogens (tertiary/aromatic N) is 1. The molecule has 2 rings (SSSR count). The van der Waals surface area contributed by atoms with E-state index in [-0.39, 0.29) is 18.9 Å². The van der Waals surface area contributed by atoms with Crippen molar-refractivity contribution < 1.29 is 18.0 Å². The maximum absolute atomic E-state index is 12.9. The van der Waals surface area contributed by atoms with Crippen molar-refractivity contribution in [2.24, 2.45) is 0 Å². The zero-order valence-corrected chi connectivity index (χ0v) is 11.2. The van der Waals surface area contributed by atoms with Gasteiger partial charge in [-0.2, -0.15) is 13.2 Å². The monoisotopic (exact) mass is 321 g/mol. The minimum Gasteiger partial charge on any atom is -0.338 e. The van der Waals surface area contributed by atoms with Gasteiger partial charge in [0.1, 0.15) is 0 Å². The summed E-state index contributed by atoms with van der Waals surface area (Å²) in [5, 5.41) is 0. The van der Waals surface area contributed by atoms with Crippen LogP contribution in [0.1, 0.15) is 23.6 Å². The van der Waals surface area contributed by atoms with Crippen LogP contribution in [0, 0.1) is 0 Å². The van der Waals surface area contributed by atoms with Crippen molar-refractivity contribution in [1.82, 2.24) is 4.90 Å². The molecule has 98 valence electrons. The van der Waals surface area contributed by atoms with Gasteiger partial charge in [0.15, 0.2) is 0 Å². The van der Waals surface area contributed by atoms with Gasteiger partial charge in [-0.3, -0.25) is 4.79 Å². The maximum Gasteiger partial charge on any atom is 0.416 e. The van der Waals surface area contributed by atoms with Crippen LogP contribution in [0.5, 0.6) is 0 Å². The molecule has 6 heteroatoms. The van der Waals surface area contributed by atoms with Crippen LogP contribution >= 0.6 is 15.9 Å². The largest absolute Gasteiger partial charge is 0.416 e. The molecule has 1 amide bonds. The van der Waals surface area contributed by atoms with Crippen LogP contribution in [-0.4, -0.2) is 17.4 Å². The van der Waals surface area contributed by atoms with Gasteiger partial charge < -0.3 is 4.90 Å². The van der Waals surface area contributed by atoms with Gasteiger partial charge in [-0.25, -0.2) is 0 Å². The molecule has 18 heavy (non-hydrogen) atoms. The number of halogens is 4. The summed E-state index contributed by atoms with van der Waals surface area (Å²) in [6.45, 7) is 2.01. The van der Waals surface area contributed by atoms with E-state index in [9.17, 15) is 18.0 Å². The molecule has 0 N–H and O–H groups in total. The molecule has 1 aromatic carbocycles. The highest BCUT2D eigenvalue weighted by Gasteiger charge is 2.36. The fraction of sp³-hybridized carbons (Fsp3) is 0.417. The van der Waals surface area contributed by atoms with E-state index in [0.717, 1.165) is 6.07 Å². The van der Waals surface area contributed by atoms with Crippen molar-refractivity contribution in [2.45, 2.75) is 26.1 Å². The summed E-state index contributed by atoms with van der Waals surface area (Å²) < 4.78 is 39.1. The topological polar surface area (TPSA) is 20.3 Å². The summed E-state index contributed by atoms with van der Waals surface area (Å²) in [6, 6.07) is 2.75. The molecule has 1 heterocycles. The SMILES string of the molecule is CC(=O)N1CCc2c(cc(Br)cc2C(F)(F)F)C1. The lowest BCUT2D eigenvalue weighted by Gasteiger charge is -2.30. The van der Waals surface area contributed by atoms with Gasteiger partial charge in [0.2, 0.25) is 5.91 Å². The van der Waals surface area contributed by atoms with Crippen LogP contribution < -0.4 is 0 Å². The van der Waals surface area contributed by atoms with E-state index >= 15 is 0 Å². The molecule has 1 aliphatic heterocycles. The van der Waals surface area contributed by atoms with Gasteiger partial charge in [0.25, 0.3) is 0 Å². The van der Waals surface area contributed by atoms with E-state index in [0.29, 0.717) is 22.1 Å². The molecular formula is C12H11BrF3NO. The Morgan fingerprint density at radius 3 is 2.61 bits per heavy atom. The van der Waals surface area contributed by atoms with Crippen LogP contribution in [0.4, 0.5) is 13.2 Å². The second kappa shape index (κ2) is 4.57. The fourth-order valence-electron chi connectivity index (χ4n) is 2.18. The summed E-state index contributed by atoms with van der Waals surface area (Å²) in [4.78, 5) is 12.8. The quantitative estimate of drug-likeness (QED) is 0.717. The molecule has 0 atom stereocenters. The first-order chi connectivity index (χ1) is 8.29. The molecule has 0 unspecified atom stereocenters. The predicted molar refractivity (Wildman–Crippen MR) is 63.9 cm³/mol. The number of fused-ring (bicyclic) bond motifs is 1. The Labute approximate surface area is 111 Å². The van der Waals surface area contributed by atoms with Gasteiger partial charge in [0.05, 0.1) is 5.56 Å². The zero-order valence-electron chi connectivity index (χ0n) is 9.64. The number of carbonyl (C=O) groups excluding carboxylic acids is 1. The van der Waals surface area contributed by atoms with Crippen molar-refractivity contribution in [2.75, 3.05) is 6.54 Å². The van der Waals surface area contributed by atoms with Gasteiger partial charge in [0, 0.05) is 24.5 Å². The van der Waals surface area contributed by atoms with Crippen molar-refractivity contribution in [3.05, 3.63) is 33.3 Å². The van der Waals surface area contributed by atoms with Crippen molar-refractivity contribution >= 4 is 21.8 Å². The normalized spacial score (nSPS) is 15.5. The molecule has 0 spiro atoms. The summed E-state index contributed by atoms with van der Waals surface area (Å²) >= 11 is 3.09. The number of benzene rings is 1. The van der Waals surface area contributed by atoms with E-state index in [4.69, 9.17) is 0 Å². The minimum atomic E-state index is -4.35. The molecule has 1 aromatic rings. The lowest BCUT2D eigenvalue weighted by atomic mass is 9.94. The predicted octanol–water partition coefficient (Wildman–Crippen LogP) is 3.37. The summed E-state index contributed by atoms with van der Waals surface area (Å²) in [5.74, 6) is -0.116. The van der Waals surface area contributed by atoms with E-state index < -0.39 is 11.7 Å². The van der Waals surface area contributed by atoms with Crippen LogP contribution in [0.3, 0.4) is 0 Å². The van der Waals surface area contributed by atoms with Crippen molar-refractivity contribution in [3.8, 4) is 0 Å². The Hall–Kier alpha value is -1.04. The first kappa shape index (κ1) is 13.4. The second-order valence-corrected chi connectivity index (χ2v) is 5.20. The number of hydrogen-bond acceptors (Lipinski definition) is 1. The van der Waals surface area contributed by atoms with Crippen LogP contribution in [-0.2, 0) is 23.9 Å². The molecule has 0 saturated heterocycles. The fourth-order valence-corrected chi connectivity index (χ4v) is 2.69. The van der Waals surface area contributed by atoms with Gasteiger partial charge >= 0.3 is 6.18 Å². The molecule has 0 radical (unpaired) electrons. The van der Waals surface area contributed by atoms with Gasteiger partial charge in [-0.1, -0.05) is 15.9 Å². The Bertz CT molecular complexity index is 499. The number of carbonyl (C=O) groups is 1. The molecule has 2 nitrogen and oxygen atoms in total. The zero-order chi connectivity index (χ0) is 13.5. The molecule has 1 aliphatic rings. The third-order valence-electron chi connectivity index (χ3n) is 3.05. The third-order valence-corrected chi connectivity index (χ3v) is 3.51. The highest BCUT2D eigenvalue weighted by Crippen LogP contribution is 2.37. The molecular weight excluding hydrogens is 311 g/mol. The Balaban J connectivity index is 2.47. The second-order valence-electron chi connectivity index (χ2n) is 4.28.